The van der Waals surface area contributed by atoms with Crippen molar-refractivity contribution in [2.75, 3.05) is 11.9 Å². The summed E-state index contributed by atoms with van der Waals surface area (Å²) in [5.41, 5.74) is 5.43. The maximum atomic E-state index is 12.1. The van der Waals surface area contributed by atoms with Crippen LogP contribution in [0.4, 0.5) is 5.00 Å². The van der Waals surface area contributed by atoms with Crippen molar-refractivity contribution in [1.82, 2.24) is 0 Å². The topological polar surface area (TPSA) is 108 Å². The molecule has 1 unspecified atom stereocenters. The Hall–Kier alpha value is -2.87. The van der Waals surface area contributed by atoms with E-state index in [0.717, 1.165) is 11.3 Å². The monoisotopic (exact) mass is 362 g/mol. The zero-order chi connectivity index (χ0) is 18.2. The molecule has 1 aromatic carbocycles. The standard InChI is InChI=1S/C17H18N2O5S/c1-11(16(22)19-17-13(15(18)21)8-10-25-17)24-14(20)7-9-23-12-5-3-2-4-6-12/h2-6,8,10-11H,7,9H2,1H3,(H2,18,21)(H,19,22). The lowest BCUT2D eigenvalue weighted by Crippen LogP contribution is -2.30. The summed E-state index contributed by atoms with van der Waals surface area (Å²) in [5.74, 6) is -1.08. The summed E-state index contributed by atoms with van der Waals surface area (Å²) in [6, 6.07) is 10.6. The second-order valence-electron chi connectivity index (χ2n) is 5.06. The second-order valence-corrected chi connectivity index (χ2v) is 5.98. The van der Waals surface area contributed by atoms with Crippen molar-refractivity contribution < 1.29 is 23.9 Å². The third-order valence-corrected chi connectivity index (χ3v) is 3.99. The number of benzene rings is 1. The van der Waals surface area contributed by atoms with Crippen LogP contribution in [0.15, 0.2) is 41.8 Å². The van der Waals surface area contributed by atoms with Gasteiger partial charge in [-0.15, -0.1) is 11.3 Å². The van der Waals surface area contributed by atoms with Gasteiger partial charge >= 0.3 is 5.97 Å². The quantitative estimate of drug-likeness (QED) is 0.700. The smallest absolute Gasteiger partial charge is 0.310 e. The summed E-state index contributed by atoms with van der Waals surface area (Å²) in [6.07, 6.45) is -0.995. The number of nitrogens with two attached hydrogens (primary N) is 1. The number of carbonyl (C=O) groups is 3. The number of carbonyl (C=O) groups excluding carboxylic acids is 3. The minimum atomic E-state index is -1.01. The van der Waals surface area contributed by atoms with E-state index in [4.69, 9.17) is 15.2 Å². The minimum Gasteiger partial charge on any atom is -0.493 e. The molecule has 0 aliphatic carbocycles. The van der Waals surface area contributed by atoms with Crippen molar-refractivity contribution in [2.24, 2.45) is 5.73 Å². The first kappa shape index (κ1) is 18.5. The van der Waals surface area contributed by atoms with E-state index in [1.807, 2.05) is 18.2 Å². The summed E-state index contributed by atoms with van der Waals surface area (Å²) in [4.78, 5) is 35.0. The molecule has 0 saturated heterocycles. The number of ether oxygens (including phenoxy) is 2. The van der Waals surface area contributed by atoms with Crippen LogP contribution < -0.4 is 15.8 Å². The fourth-order valence-corrected chi connectivity index (χ4v) is 2.69. The summed E-state index contributed by atoms with van der Waals surface area (Å²) >= 11 is 1.16. The first-order valence-corrected chi connectivity index (χ1v) is 8.41. The zero-order valence-corrected chi connectivity index (χ0v) is 14.4. The SMILES string of the molecule is CC(OC(=O)CCOc1ccccc1)C(=O)Nc1sccc1C(N)=O. The number of nitrogens with one attached hydrogen (secondary N) is 1. The Morgan fingerprint density at radius 3 is 2.60 bits per heavy atom. The molecule has 0 fully saturated rings. The highest BCUT2D eigenvalue weighted by atomic mass is 32.1. The molecule has 1 atom stereocenters. The normalized spacial score (nSPS) is 11.4. The fourth-order valence-electron chi connectivity index (χ4n) is 1.89. The molecule has 0 bridgehead atoms. The van der Waals surface area contributed by atoms with Gasteiger partial charge in [-0.1, -0.05) is 18.2 Å². The zero-order valence-electron chi connectivity index (χ0n) is 13.6. The summed E-state index contributed by atoms with van der Waals surface area (Å²) < 4.78 is 10.5. The van der Waals surface area contributed by atoms with Crippen LogP contribution in [0, 0.1) is 0 Å². The third kappa shape index (κ3) is 5.61. The largest absolute Gasteiger partial charge is 0.493 e. The number of esters is 1. The van der Waals surface area contributed by atoms with Gasteiger partial charge in [0.2, 0.25) is 0 Å². The van der Waals surface area contributed by atoms with Gasteiger partial charge in [0.25, 0.3) is 11.8 Å². The maximum absolute atomic E-state index is 12.1. The fraction of sp³-hybridized carbons (Fsp3) is 0.235. The van der Waals surface area contributed by atoms with Crippen LogP contribution in [0.25, 0.3) is 0 Å². The molecule has 3 N–H and O–H groups in total. The van der Waals surface area contributed by atoms with Crippen LogP contribution in [0.2, 0.25) is 0 Å². The molecule has 0 aliphatic heterocycles. The Kier molecular flexibility index (Phi) is 6.53. The number of amides is 2. The lowest BCUT2D eigenvalue weighted by molar-refractivity contribution is -0.153. The van der Waals surface area contributed by atoms with Gasteiger partial charge in [-0.25, -0.2) is 0 Å². The van der Waals surface area contributed by atoms with Crippen molar-refractivity contribution in [2.45, 2.75) is 19.4 Å². The number of hydrogen-bond acceptors (Lipinski definition) is 6. The van der Waals surface area contributed by atoms with Crippen molar-refractivity contribution >= 4 is 34.1 Å². The molecule has 0 radical (unpaired) electrons. The van der Waals surface area contributed by atoms with Crippen molar-refractivity contribution in [3.05, 3.63) is 47.3 Å². The van der Waals surface area contributed by atoms with Crippen LogP contribution in [0.1, 0.15) is 23.7 Å². The molecule has 0 aliphatic rings. The van der Waals surface area contributed by atoms with Crippen LogP contribution in [0.3, 0.4) is 0 Å². The Morgan fingerprint density at radius 1 is 1.20 bits per heavy atom. The van der Waals surface area contributed by atoms with Crippen molar-refractivity contribution in [3.63, 3.8) is 0 Å². The molecule has 25 heavy (non-hydrogen) atoms. The van der Waals surface area contributed by atoms with Gasteiger partial charge < -0.3 is 20.5 Å². The molecule has 2 amide bonds. The predicted molar refractivity (Wildman–Crippen MR) is 93.6 cm³/mol. The van der Waals surface area contributed by atoms with Crippen LogP contribution >= 0.6 is 11.3 Å². The van der Waals surface area contributed by atoms with Crippen LogP contribution in [-0.2, 0) is 14.3 Å². The Labute approximate surface area is 148 Å². The highest BCUT2D eigenvalue weighted by molar-refractivity contribution is 7.14. The molecule has 1 heterocycles. The third-order valence-electron chi connectivity index (χ3n) is 3.16. The lowest BCUT2D eigenvalue weighted by atomic mass is 10.3. The Bertz CT molecular complexity index is 745. The van der Waals surface area contributed by atoms with E-state index >= 15 is 0 Å². The summed E-state index contributed by atoms with van der Waals surface area (Å²) in [7, 11) is 0. The van der Waals surface area contributed by atoms with Gasteiger partial charge in [0.1, 0.15) is 10.8 Å². The number of para-hydroxylation sites is 1. The molecule has 0 saturated carbocycles. The van der Waals surface area contributed by atoms with E-state index in [0.29, 0.717) is 10.8 Å². The number of thiophene rings is 1. The van der Waals surface area contributed by atoms with E-state index in [9.17, 15) is 14.4 Å². The molecule has 2 rings (SSSR count). The van der Waals surface area contributed by atoms with E-state index in [1.54, 1.807) is 17.5 Å². The Morgan fingerprint density at radius 2 is 1.92 bits per heavy atom. The van der Waals surface area contributed by atoms with Gasteiger partial charge in [0.15, 0.2) is 6.10 Å². The molecule has 2 aromatic rings. The van der Waals surface area contributed by atoms with Gasteiger partial charge in [0, 0.05) is 0 Å². The van der Waals surface area contributed by atoms with E-state index in [1.165, 1.54) is 13.0 Å². The summed E-state index contributed by atoms with van der Waals surface area (Å²) in [6.45, 7) is 1.59. The molecular weight excluding hydrogens is 344 g/mol. The summed E-state index contributed by atoms with van der Waals surface area (Å²) in [5, 5.41) is 4.49. The average molecular weight is 362 g/mol. The van der Waals surface area contributed by atoms with Crippen molar-refractivity contribution in [1.29, 1.82) is 0 Å². The minimum absolute atomic E-state index is 0.0120. The molecule has 1 aromatic heterocycles. The number of rotatable bonds is 8. The Balaban J connectivity index is 1.77. The van der Waals surface area contributed by atoms with E-state index in [2.05, 4.69) is 5.32 Å². The molecule has 8 heteroatoms. The van der Waals surface area contributed by atoms with Crippen molar-refractivity contribution in [3.8, 4) is 5.75 Å². The second kappa shape index (κ2) is 8.84. The molecule has 0 spiro atoms. The molecular formula is C17H18N2O5S. The van der Waals surface area contributed by atoms with Gasteiger partial charge in [-0.2, -0.15) is 0 Å². The number of anilines is 1. The predicted octanol–water partition coefficient (Wildman–Crippen LogP) is 2.19. The first-order chi connectivity index (χ1) is 12.0. The van der Waals surface area contributed by atoms with Gasteiger partial charge in [-0.3, -0.25) is 14.4 Å². The average Bonchev–Trinajstić information content (AvgIpc) is 3.04. The maximum Gasteiger partial charge on any atom is 0.310 e. The highest BCUT2D eigenvalue weighted by Gasteiger charge is 2.20. The molecule has 132 valence electrons. The number of primary amides is 1. The number of hydrogen-bond donors (Lipinski definition) is 2. The van der Waals surface area contributed by atoms with Gasteiger partial charge in [-0.05, 0) is 30.5 Å². The highest BCUT2D eigenvalue weighted by Crippen LogP contribution is 2.23. The van der Waals surface area contributed by atoms with E-state index < -0.39 is 23.9 Å². The van der Waals surface area contributed by atoms with Crippen LogP contribution in [0.5, 0.6) is 5.75 Å². The van der Waals surface area contributed by atoms with Gasteiger partial charge in [0.05, 0.1) is 18.6 Å². The first-order valence-electron chi connectivity index (χ1n) is 7.53. The van der Waals surface area contributed by atoms with E-state index in [-0.39, 0.29) is 18.6 Å². The molecule has 7 nitrogen and oxygen atoms in total. The lowest BCUT2D eigenvalue weighted by Gasteiger charge is -2.13. The van der Waals surface area contributed by atoms with Crippen LogP contribution in [-0.4, -0.2) is 30.5 Å².